The molecule has 0 radical (unpaired) electrons. The lowest BCUT2D eigenvalue weighted by atomic mass is 10.1. The van der Waals surface area contributed by atoms with Crippen molar-refractivity contribution in [2.24, 2.45) is 7.05 Å². The van der Waals surface area contributed by atoms with E-state index in [0.717, 1.165) is 18.8 Å². The molecule has 0 amide bonds. The van der Waals surface area contributed by atoms with Gasteiger partial charge >= 0.3 is 0 Å². The summed E-state index contributed by atoms with van der Waals surface area (Å²) >= 11 is 0. The van der Waals surface area contributed by atoms with Crippen molar-refractivity contribution in [3.63, 3.8) is 0 Å². The molecule has 17 heavy (non-hydrogen) atoms. The zero-order chi connectivity index (χ0) is 12.1. The zero-order valence-electron chi connectivity index (χ0n) is 10.2. The molecule has 0 aliphatic carbocycles. The van der Waals surface area contributed by atoms with Crippen molar-refractivity contribution in [3.05, 3.63) is 41.2 Å². The monoisotopic (exact) mass is 231 g/mol. The molecule has 0 bridgehead atoms. The molecular weight excluding hydrogens is 214 g/mol. The molecule has 5 nitrogen and oxygen atoms in total. The summed E-state index contributed by atoms with van der Waals surface area (Å²) in [6, 6.07) is 8.46. The number of nitrogens with one attached hydrogen (secondary N) is 1. The van der Waals surface area contributed by atoms with E-state index in [9.17, 15) is 0 Å². The van der Waals surface area contributed by atoms with Crippen LogP contribution in [-0.2, 0) is 26.6 Å². The number of hydrogen-bond donors (Lipinski definition) is 1. The van der Waals surface area contributed by atoms with Crippen molar-refractivity contribution < 1.29 is 0 Å². The largest absolute Gasteiger partial charge is 0.306 e. The van der Waals surface area contributed by atoms with E-state index < -0.39 is 0 Å². The number of benzene rings is 1. The summed E-state index contributed by atoms with van der Waals surface area (Å²) in [6.45, 7) is 3.65. The quantitative estimate of drug-likeness (QED) is 0.836. The Kier molecular flexibility index (Phi) is 3.82. The van der Waals surface area contributed by atoms with Crippen LogP contribution in [0.4, 0.5) is 0 Å². The van der Waals surface area contributed by atoms with Crippen LogP contribution in [0.5, 0.6) is 0 Å². The fraction of sp³-hybridized carbons (Fsp3) is 0.417. The normalized spacial score (nSPS) is 10.7. The van der Waals surface area contributed by atoms with Crippen LogP contribution >= 0.6 is 0 Å². The lowest BCUT2D eigenvalue weighted by Crippen LogP contribution is -2.15. The highest BCUT2D eigenvalue weighted by Gasteiger charge is 2.02. The molecule has 2 aromatic rings. The van der Waals surface area contributed by atoms with Crippen molar-refractivity contribution in [2.75, 3.05) is 0 Å². The van der Waals surface area contributed by atoms with E-state index in [-0.39, 0.29) is 0 Å². The lowest BCUT2D eigenvalue weighted by molar-refractivity contribution is 0.619. The van der Waals surface area contributed by atoms with Crippen molar-refractivity contribution in [1.29, 1.82) is 0 Å². The average Bonchev–Trinajstić information content (AvgIpc) is 2.76. The van der Waals surface area contributed by atoms with Crippen LogP contribution in [0.2, 0.25) is 0 Å². The molecule has 0 aliphatic heterocycles. The van der Waals surface area contributed by atoms with E-state index in [0.29, 0.717) is 6.54 Å². The Balaban J connectivity index is 1.89. The Bertz CT molecular complexity index is 477. The van der Waals surface area contributed by atoms with Crippen LogP contribution in [0.15, 0.2) is 24.3 Å². The van der Waals surface area contributed by atoms with Gasteiger partial charge in [0.2, 0.25) is 0 Å². The van der Waals surface area contributed by atoms with Crippen LogP contribution < -0.4 is 5.32 Å². The highest BCUT2D eigenvalue weighted by atomic mass is 15.6. The molecule has 1 aromatic heterocycles. The molecule has 0 atom stereocenters. The van der Waals surface area contributed by atoms with Gasteiger partial charge in [-0.3, -0.25) is 0 Å². The van der Waals surface area contributed by atoms with Gasteiger partial charge in [-0.15, -0.1) is 10.2 Å². The highest BCUT2D eigenvalue weighted by Crippen LogP contribution is 2.08. The number of rotatable bonds is 5. The van der Waals surface area contributed by atoms with Crippen LogP contribution in [0.3, 0.4) is 0 Å². The molecule has 1 aromatic carbocycles. The summed E-state index contributed by atoms with van der Waals surface area (Å²) in [6.07, 6.45) is 1.06. The maximum atomic E-state index is 4.12. The van der Waals surface area contributed by atoms with Gasteiger partial charge in [-0.25, -0.2) is 0 Å². The Hall–Kier alpha value is -1.75. The second-order valence-corrected chi connectivity index (χ2v) is 3.92. The molecule has 0 saturated carbocycles. The van der Waals surface area contributed by atoms with E-state index in [4.69, 9.17) is 0 Å². The van der Waals surface area contributed by atoms with Crippen molar-refractivity contribution in [1.82, 2.24) is 25.5 Å². The van der Waals surface area contributed by atoms with E-state index in [2.05, 4.69) is 51.9 Å². The molecule has 1 N–H and O–H groups in total. The summed E-state index contributed by atoms with van der Waals surface area (Å²) < 4.78 is 0. The molecule has 0 unspecified atom stereocenters. The van der Waals surface area contributed by atoms with Crippen LogP contribution in [-0.4, -0.2) is 20.2 Å². The third-order valence-corrected chi connectivity index (χ3v) is 2.65. The van der Waals surface area contributed by atoms with Gasteiger partial charge in [0.05, 0.1) is 13.6 Å². The van der Waals surface area contributed by atoms with Crippen molar-refractivity contribution in [3.8, 4) is 0 Å². The first-order valence-corrected chi connectivity index (χ1v) is 5.80. The minimum atomic E-state index is 0.645. The fourth-order valence-corrected chi connectivity index (χ4v) is 1.78. The second-order valence-electron chi connectivity index (χ2n) is 3.92. The molecule has 2 rings (SSSR count). The van der Waals surface area contributed by atoms with Gasteiger partial charge in [-0.05, 0) is 22.8 Å². The van der Waals surface area contributed by atoms with Gasteiger partial charge in [0, 0.05) is 6.54 Å². The average molecular weight is 231 g/mol. The summed E-state index contributed by atoms with van der Waals surface area (Å²) in [7, 11) is 1.77. The zero-order valence-corrected chi connectivity index (χ0v) is 10.2. The SMILES string of the molecule is CCc1ccccc1CNCc1nnn(C)n1. The van der Waals surface area contributed by atoms with Gasteiger partial charge in [-0.1, -0.05) is 31.2 Å². The van der Waals surface area contributed by atoms with Gasteiger partial charge in [0.15, 0.2) is 5.82 Å². The molecule has 5 heteroatoms. The molecule has 90 valence electrons. The minimum absolute atomic E-state index is 0.645. The van der Waals surface area contributed by atoms with Crippen LogP contribution in [0, 0.1) is 0 Å². The van der Waals surface area contributed by atoms with Crippen LogP contribution in [0.1, 0.15) is 23.9 Å². The second kappa shape index (κ2) is 5.54. The standard InChI is InChI=1S/C12H17N5/c1-3-10-6-4-5-7-11(10)8-13-9-12-14-16-17(2)15-12/h4-7,13H,3,8-9H2,1-2H3. The summed E-state index contributed by atoms with van der Waals surface area (Å²) in [5.74, 6) is 0.724. The first kappa shape index (κ1) is 11.7. The Morgan fingerprint density at radius 1 is 1.18 bits per heavy atom. The Morgan fingerprint density at radius 3 is 2.59 bits per heavy atom. The molecule has 0 fully saturated rings. The van der Waals surface area contributed by atoms with Gasteiger partial charge in [-0.2, -0.15) is 4.80 Å². The first-order valence-electron chi connectivity index (χ1n) is 5.80. The molecular formula is C12H17N5. The summed E-state index contributed by atoms with van der Waals surface area (Å²) in [4.78, 5) is 1.47. The maximum Gasteiger partial charge on any atom is 0.188 e. The lowest BCUT2D eigenvalue weighted by Gasteiger charge is -2.07. The number of aryl methyl sites for hydroxylation is 2. The highest BCUT2D eigenvalue weighted by molar-refractivity contribution is 5.26. The fourth-order valence-electron chi connectivity index (χ4n) is 1.78. The van der Waals surface area contributed by atoms with E-state index >= 15 is 0 Å². The molecule has 0 aliphatic rings. The summed E-state index contributed by atoms with van der Waals surface area (Å²) in [5.41, 5.74) is 2.71. The third-order valence-electron chi connectivity index (χ3n) is 2.65. The predicted molar refractivity (Wildman–Crippen MR) is 65.2 cm³/mol. The van der Waals surface area contributed by atoms with Gasteiger partial charge in [0.1, 0.15) is 0 Å². The smallest absolute Gasteiger partial charge is 0.188 e. The van der Waals surface area contributed by atoms with E-state index in [1.54, 1.807) is 7.05 Å². The Morgan fingerprint density at radius 2 is 1.94 bits per heavy atom. The molecule has 0 saturated heterocycles. The van der Waals surface area contributed by atoms with Gasteiger partial charge in [0.25, 0.3) is 0 Å². The van der Waals surface area contributed by atoms with Crippen LogP contribution in [0.25, 0.3) is 0 Å². The Labute approximate surface area is 101 Å². The molecule has 0 spiro atoms. The number of aromatic nitrogens is 4. The van der Waals surface area contributed by atoms with Gasteiger partial charge < -0.3 is 5.32 Å². The van der Waals surface area contributed by atoms with Crippen molar-refractivity contribution in [2.45, 2.75) is 26.4 Å². The number of hydrogen-bond acceptors (Lipinski definition) is 4. The minimum Gasteiger partial charge on any atom is -0.306 e. The van der Waals surface area contributed by atoms with E-state index in [1.165, 1.54) is 15.9 Å². The van der Waals surface area contributed by atoms with Crippen molar-refractivity contribution >= 4 is 0 Å². The maximum absolute atomic E-state index is 4.12. The van der Waals surface area contributed by atoms with E-state index in [1.807, 2.05) is 0 Å². The number of tetrazole rings is 1. The summed E-state index contributed by atoms with van der Waals surface area (Å²) in [5, 5.41) is 15.2. The third kappa shape index (κ3) is 3.10. The predicted octanol–water partition coefficient (Wildman–Crippen LogP) is 1.06. The number of nitrogens with zero attached hydrogens (tertiary/aromatic N) is 4. The topological polar surface area (TPSA) is 55.6 Å². The first-order chi connectivity index (χ1) is 8.29. The molecule has 1 heterocycles.